The van der Waals surface area contributed by atoms with E-state index in [4.69, 9.17) is 0 Å². The summed E-state index contributed by atoms with van der Waals surface area (Å²) in [5, 5.41) is 3.72. The number of hydrogen-bond acceptors (Lipinski definition) is 1. The van der Waals surface area contributed by atoms with Crippen molar-refractivity contribution >= 4 is 10.9 Å². The quantitative estimate of drug-likeness (QED) is 0.679. The zero-order chi connectivity index (χ0) is 16.0. The highest BCUT2D eigenvalue weighted by Crippen LogP contribution is 2.45. The average Bonchev–Trinajstić information content (AvgIpc) is 2.93. The second-order valence-corrected chi connectivity index (χ2v) is 5.84. The molecule has 0 radical (unpaired) electrons. The molecule has 2 N–H and O–H groups in total. The van der Waals surface area contributed by atoms with Crippen LogP contribution in [0.4, 0.5) is 13.2 Å². The maximum absolute atomic E-state index is 13.5. The van der Waals surface area contributed by atoms with Crippen LogP contribution < -0.4 is 5.32 Å². The lowest BCUT2D eigenvalue weighted by Crippen LogP contribution is -2.39. The number of rotatable bonds is 1. The number of hydrogen-bond donors (Lipinski definition) is 2. The highest BCUT2D eigenvalue weighted by atomic mass is 19.4. The van der Waals surface area contributed by atoms with Gasteiger partial charge < -0.3 is 10.3 Å². The van der Waals surface area contributed by atoms with Gasteiger partial charge in [0.1, 0.15) is 0 Å². The average molecular weight is 316 g/mol. The molecule has 0 unspecified atom stereocenters. The standard InChI is InChI=1S/C18H15F3N2/c19-18(20,21)13-10-22-16(11-6-2-1-3-7-11)17-15(13)12-8-4-5-9-14(12)23-17/h1-9,13,16,22-23H,10H2/t13-,16+/m1/s1. The van der Waals surface area contributed by atoms with Crippen LogP contribution >= 0.6 is 0 Å². The fraction of sp³-hybridized carbons (Fsp3) is 0.222. The van der Waals surface area contributed by atoms with Crippen molar-refractivity contribution < 1.29 is 13.2 Å². The lowest BCUT2D eigenvalue weighted by atomic mass is 9.87. The number of halogens is 3. The van der Waals surface area contributed by atoms with Crippen molar-refractivity contribution in [3.8, 4) is 0 Å². The summed E-state index contributed by atoms with van der Waals surface area (Å²) in [6, 6.07) is 16.5. The molecule has 0 saturated carbocycles. The van der Waals surface area contributed by atoms with Crippen LogP contribution in [0.15, 0.2) is 54.6 Å². The normalized spacial score (nSPS) is 21.3. The molecule has 1 aliphatic rings. The summed E-state index contributed by atoms with van der Waals surface area (Å²) in [5.74, 6) is -1.49. The van der Waals surface area contributed by atoms with Gasteiger partial charge >= 0.3 is 6.18 Å². The second-order valence-electron chi connectivity index (χ2n) is 5.84. The Hall–Kier alpha value is -2.27. The number of para-hydroxylation sites is 1. The highest BCUT2D eigenvalue weighted by molar-refractivity contribution is 5.86. The van der Waals surface area contributed by atoms with Gasteiger partial charge in [-0.3, -0.25) is 0 Å². The molecule has 0 bridgehead atoms. The smallest absolute Gasteiger partial charge is 0.357 e. The third-order valence-corrected chi connectivity index (χ3v) is 4.47. The van der Waals surface area contributed by atoms with Gasteiger partial charge in [-0.1, -0.05) is 48.5 Å². The van der Waals surface area contributed by atoms with E-state index < -0.39 is 12.1 Å². The van der Waals surface area contributed by atoms with Gasteiger partial charge in [-0.05, 0) is 17.2 Å². The number of aromatic amines is 1. The Morgan fingerprint density at radius 3 is 2.35 bits per heavy atom. The molecule has 2 nitrogen and oxygen atoms in total. The van der Waals surface area contributed by atoms with Gasteiger partial charge in [-0.25, -0.2) is 0 Å². The first-order valence-corrected chi connectivity index (χ1v) is 7.51. The van der Waals surface area contributed by atoms with Crippen molar-refractivity contribution in [2.45, 2.75) is 18.1 Å². The Kier molecular flexibility index (Phi) is 3.20. The van der Waals surface area contributed by atoms with E-state index in [9.17, 15) is 13.2 Å². The van der Waals surface area contributed by atoms with Gasteiger partial charge in [0.05, 0.1) is 12.0 Å². The zero-order valence-corrected chi connectivity index (χ0v) is 12.2. The Bertz CT molecular complexity index is 836. The molecule has 3 aromatic rings. The molecule has 2 heterocycles. The maximum Gasteiger partial charge on any atom is 0.397 e. The van der Waals surface area contributed by atoms with E-state index in [-0.39, 0.29) is 12.6 Å². The van der Waals surface area contributed by atoms with E-state index >= 15 is 0 Å². The maximum atomic E-state index is 13.5. The largest absolute Gasteiger partial charge is 0.397 e. The van der Waals surface area contributed by atoms with E-state index in [1.165, 1.54) is 0 Å². The number of benzene rings is 2. The third-order valence-electron chi connectivity index (χ3n) is 4.47. The molecule has 118 valence electrons. The summed E-state index contributed by atoms with van der Waals surface area (Å²) >= 11 is 0. The Morgan fingerprint density at radius 1 is 0.913 bits per heavy atom. The zero-order valence-electron chi connectivity index (χ0n) is 12.2. The van der Waals surface area contributed by atoms with Crippen LogP contribution in [0.5, 0.6) is 0 Å². The van der Waals surface area contributed by atoms with Crippen LogP contribution in [0.1, 0.15) is 28.8 Å². The minimum atomic E-state index is -4.27. The second kappa shape index (κ2) is 5.13. The number of alkyl halides is 3. The summed E-state index contributed by atoms with van der Waals surface area (Å²) < 4.78 is 40.5. The molecule has 23 heavy (non-hydrogen) atoms. The van der Waals surface area contributed by atoms with Crippen molar-refractivity contribution in [3.63, 3.8) is 0 Å². The molecule has 4 rings (SSSR count). The van der Waals surface area contributed by atoms with Gasteiger partial charge in [-0.15, -0.1) is 0 Å². The predicted octanol–water partition coefficient (Wildman–Crippen LogP) is 4.51. The molecule has 0 aliphatic carbocycles. The molecule has 2 atom stereocenters. The van der Waals surface area contributed by atoms with E-state index in [0.29, 0.717) is 16.6 Å². The first-order valence-electron chi connectivity index (χ1n) is 7.51. The summed E-state index contributed by atoms with van der Waals surface area (Å²) in [5.41, 5.74) is 2.70. The van der Waals surface area contributed by atoms with Crippen molar-refractivity contribution in [1.29, 1.82) is 0 Å². The first kappa shape index (κ1) is 14.3. The van der Waals surface area contributed by atoms with Gasteiger partial charge in [0.25, 0.3) is 0 Å². The van der Waals surface area contributed by atoms with Crippen LogP contribution in [0.25, 0.3) is 10.9 Å². The van der Waals surface area contributed by atoms with Gasteiger partial charge in [-0.2, -0.15) is 13.2 Å². The van der Waals surface area contributed by atoms with Crippen LogP contribution in [-0.2, 0) is 0 Å². The summed E-state index contributed by atoms with van der Waals surface area (Å²) in [7, 11) is 0. The van der Waals surface area contributed by atoms with Crippen molar-refractivity contribution in [2.75, 3.05) is 6.54 Å². The molecule has 0 saturated heterocycles. The van der Waals surface area contributed by atoms with Crippen LogP contribution in [0.3, 0.4) is 0 Å². The van der Waals surface area contributed by atoms with E-state index in [1.807, 2.05) is 42.5 Å². The molecule has 2 aromatic carbocycles. The molecular formula is C18H15F3N2. The number of H-pyrrole nitrogens is 1. The van der Waals surface area contributed by atoms with Gasteiger partial charge in [0.15, 0.2) is 0 Å². The van der Waals surface area contributed by atoms with Crippen molar-refractivity contribution in [3.05, 3.63) is 71.4 Å². The summed E-state index contributed by atoms with van der Waals surface area (Å²) in [4.78, 5) is 3.20. The molecule has 1 aliphatic heterocycles. The molecule has 1 aromatic heterocycles. The van der Waals surface area contributed by atoms with Gasteiger partial charge in [0.2, 0.25) is 0 Å². The molecule has 5 heteroatoms. The monoisotopic (exact) mass is 316 g/mol. The topological polar surface area (TPSA) is 27.8 Å². The fourth-order valence-corrected chi connectivity index (χ4v) is 3.44. The van der Waals surface area contributed by atoms with Crippen LogP contribution in [0.2, 0.25) is 0 Å². The number of aromatic nitrogens is 1. The lowest BCUT2D eigenvalue weighted by Gasteiger charge is -2.32. The highest BCUT2D eigenvalue weighted by Gasteiger charge is 2.46. The minimum Gasteiger partial charge on any atom is -0.357 e. The lowest BCUT2D eigenvalue weighted by molar-refractivity contribution is -0.150. The fourth-order valence-electron chi connectivity index (χ4n) is 3.44. The Morgan fingerprint density at radius 2 is 1.61 bits per heavy atom. The van der Waals surface area contributed by atoms with E-state index in [2.05, 4.69) is 10.3 Å². The number of fused-ring (bicyclic) bond motifs is 3. The molecule has 0 amide bonds. The SMILES string of the molecule is FC(F)(F)[C@@H]1CN[C@@H](c2ccccc2)c2[nH]c3ccccc3c21. The predicted molar refractivity (Wildman–Crippen MR) is 83.4 cm³/mol. The first-order chi connectivity index (χ1) is 11.1. The summed E-state index contributed by atoms with van der Waals surface area (Å²) in [6.45, 7) is -0.113. The van der Waals surface area contributed by atoms with E-state index in [1.54, 1.807) is 12.1 Å². The van der Waals surface area contributed by atoms with Crippen LogP contribution in [-0.4, -0.2) is 17.7 Å². The van der Waals surface area contributed by atoms with Crippen molar-refractivity contribution in [1.82, 2.24) is 10.3 Å². The summed E-state index contributed by atoms with van der Waals surface area (Å²) in [6.07, 6.45) is -4.27. The molecule has 0 spiro atoms. The van der Waals surface area contributed by atoms with Crippen molar-refractivity contribution in [2.24, 2.45) is 0 Å². The van der Waals surface area contributed by atoms with E-state index in [0.717, 1.165) is 11.1 Å². The van der Waals surface area contributed by atoms with Crippen LogP contribution in [0, 0.1) is 0 Å². The molecular weight excluding hydrogens is 301 g/mol. The van der Waals surface area contributed by atoms with Gasteiger partial charge in [0, 0.05) is 23.1 Å². The Labute approximate surface area is 131 Å². The third kappa shape index (κ3) is 2.32. The Balaban J connectivity index is 1.94. The minimum absolute atomic E-state index is 0.113. The number of nitrogens with one attached hydrogen (secondary N) is 2. The molecule has 0 fully saturated rings.